The molecule has 2 aromatic rings. The topological polar surface area (TPSA) is 94.1 Å². The summed E-state index contributed by atoms with van der Waals surface area (Å²) in [5.41, 5.74) is 4.52. The standard InChI is InChI=1S/C28H37ClN2O5S/c1-28(2,3)37(34)30-24(10-11-25-35-14-5-15-36-25)22-7-4-6-19(17-22)16-20-8-9-21-12-13-31(27(32)33)26(29)23(21)18-20/h4,6-9,17-18,24-26,30H,5,10-16H2,1-3H3,(H,32,33)/t24-,26?,37-/m0/s1. The Labute approximate surface area is 227 Å². The number of carbonyl (C=O) groups is 1. The monoisotopic (exact) mass is 548 g/mol. The van der Waals surface area contributed by atoms with Crippen LogP contribution in [0.3, 0.4) is 0 Å². The number of amides is 1. The van der Waals surface area contributed by atoms with Crippen molar-refractivity contribution in [1.29, 1.82) is 0 Å². The van der Waals surface area contributed by atoms with Crippen LogP contribution in [0.5, 0.6) is 0 Å². The third-order valence-corrected chi connectivity index (χ3v) is 8.84. The molecule has 1 unspecified atom stereocenters. The van der Waals surface area contributed by atoms with Crippen molar-refractivity contribution in [2.75, 3.05) is 19.8 Å². The van der Waals surface area contributed by atoms with Crippen LogP contribution in [-0.2, 0) is 33.7 Å². The van der Waals surface area contributed by atoms with Crippen molar-refractivity contribution in [3.05, 3.63) is 70.3 Å². The summed E-state index contributed by atoms with van der Waals surface area (Å²) in [6.45, 7) is 7.70. The van der Waals surface area contributed by atoms with Gasteiger partial charge in [-0.25, -0.2) is 4.79 Å². The fraction of sp³-hybridized carbons (Fsp3) is 0.536. The lowest BCUT2D eigenvalue weighted by atomic mass is 9.93. The van der Waals surface area contributed by atoms with Crippen LogP contribution in [0.2, 0.25) is 0 Å². The van der Waals surface area contributed by atoms with E-state index in [9.17, 15) is 14.5 Å². The fourth-order valence-corrected chi connectivity index (χ4v) is 5.93. The molecule has 2 aromatic carbocycles. The zero-order chi connectivity index (χ0) is 26.6. The summed E-state index contributed by atoms with van der Waals surface area (Å²) in [4.78, 5) is 12.8. The maximum atomic E-state index is 13.0. The first-order chi connectivity index (χ1) is 17.6. The lowest BCUT2D eigenvalue weighted by molar-refractivity contribution is -0.182. The number of hydrogen-bond acceptors (Lipinski definition) is 5. The van der Waals surface area contributed by atoms with Crippen LogP contribution in [0.4, 0.5) is 4.79 Å². The molecule has 1 saturated heterocycles. The van der Waals surface area contributed by atoms with E-state index in [0.717, 1.165) is 40.7 Å². The van der Waals surface area contributed by atoms with Crippen molar-refractivity contribution < 1.29 is 23.9 Å². The van der Waals surface area contributed by atoms with Gasteiger partial charge in [-0.05, 0) is 74.3 Å². The Morgan fingerprint density at radius 1 is 1.22 bits per heavy atom. The van der Waals surface area contributed by atoms with Gasteiger partial charge in [-0.2, -0.15) is 0 Å². The number of nitrogens with zero attached hydrogens (tertiary/aromatic N) is 1. The lowest BCUT2D eigenvalue weighted by Gasteiger charge is -2.31. The van der Waals surface area contributed by atoms with Gasteiger partial charge in [-0.1, -0.05) is 54.1 Å². The van der Waals surface area contributed by atoms with Gasteiger partial charge >= 0.3 is 6.09 Å². The molecule has 2 N–H and O–H groups in total. The molecule has 2 aliphatic rings. The molecule has 0 bridgehead atoms. The molecule has 0 spiro atoms. The molecule has 4 rings (SSSR count). The SMILES string of the molecule is CC(C)(C)[S@+]([O-])N[C@@H](CCC1OCCCO1)c1cccc(Cc2ccc3c(c2)C(Cl)N(C(=O)O)CC3)c1. The van der Waals surface area contributed by atoms with E-state index in [2.05, 4.69) is 35.1 Å². The molecule has 2 heterocycles. The number of halogens is 1. The molecule has 202 valence electrons. The second-order valence-electron chi connectivity index (χ2n) is 10.7. The molecule has 7 nitrogen and oxygen atoms in total. The minimum Gasteiger partial charge on any atom is -0.598 e. The molecule has 1 fully saturated rings. The van der Waals surface area contributed by atoms with Crippen LogP contribution in [0, 0.1) is 0 Å². The molecular weight excluding hydrogens is 512 g/mol. The van der Waals surface area contributed by atoms with E-state index in [1.807, 2.05) is 32.9 Å². The van der Waals surface area contributed by atoms with Crippen LogP contribution in [0.1, 0.15) is 79.4 Å². The first-order valence-electron chi connectivity index (χ1n) is 12.9. The van der Waals surface area contributed by atoms with E-state index < -0.39 is 27.7 Å². The van der Waals surface area contributed by atoms with E-state index in [-0.39, 0.29) is 12.3 Å². The normalized spacial score (nSPS) is 20.4. The van der Waals surface area contributed by atoms with Gasteiger partial charge in [0.1, 0.15) is 10.2 Å². The van der Waals surface area contributed by atoms with E-state index in [1.165, 1.54) is 4.90 Å². The molecule has 1 amide bonds. The predicted molar refractivity (Wildman–Crippen MR) is 146 cm³/mol. The van der Waals surface area contributed by atoms with Gasteiger partial charge in [0.15, 0.2) is 6.29 Å². The molecule has 0 radical (unpaired) electrons. The number of hydrogen-bond donors (Lipinski definition) is 2. The Hall–Kier alpha value is -1.81. The third kappa shape index (κ3) is 7.40. The summed E-state index contributed by atoms with van der Waals surface area (Å²) in [6, 6.07) is 14.4. The highest BCUT2D eigenvalue weighted by molar-refractivity contribution is 7.90. The maximum Gasteiger partial charge on any atom is 0.408 e. The van der Waals surface area contributed by atoms with Crippen molar-refractivity contribution >= 4 is 29.1 Å². The molecule has 9 heteroatoms. The van der Waals surface area contributed by atoms with Crippen LogP contribution in [0.15, 0.2) is 42.5 Å². The Morgan fingerprint density at radius 2 is 1.95 bits per heavy atom. The summed E-state index contributed by atoms with van der Waals surface area (Å²) in [5, 5.41) is 9.46. The first kappa shape index (κ1) is 28.2. The molecule has 0 aliphatic carbocycles. The van der Waals surface area contributed by atoms with E-state index >= 15 is 0 Å². The van der Waals surface area contributed by atoms with E-state index in [1.54, 1.807) is 0 Å². The summed E-state index contributed by atoms with van der Waals surface area (Å²) < 4.78 is 27.4. The average Bonchev–Trinajstić information content (AvgIpc) is 2.87. The number of ether oxygens (including phenoxy) is 2. The van der Waals surface area contributed by atoms with Crippen LogP contribution in [-0.4, -0.2) is 51.4 Å². The number of rotatable bonds is 8. The number of benzene rings is 2. The summed E-state index contributed by atoms with van der Waals surface area (Å²) in [7, 11) is 0. The Balaban J connectivity index is 1.52. The first-order valence-corrected chi connectivity index (χ1v) is 14.5. The van der Waals surface area contributed by atoms with Gasteiger partial charge in [0.2, 0.25) is 0 Å². The van der Waals surface area contributed by atoms with E-state index in [4.69, 9.17) is 21.1 Å². The fourth-order valence-electron chi connectivity index (χ4n) is 4.68. The third-order valence-electron chi connectivity index (χ3n) is 6.76. The van der Waals surface area contributed by atoms with Crippen molar-refractivity contribution in [3.8, 4) is 0 Å². The summed E-state index contributed by atoms with van der Waals surface area (Å²) in [6.07, 6.45) is 2.47. The minimum atomic E-state index is -1.23. The number of alkyl halides is 1. The van der Waals surface area contributed by atoms with Crippen molar-refractivity contribution in [1.82, 2.24) is 9.62 Å². The Bertz CT molecular complexity index is 1070. The summed E-state index contributed by atoms with van der Waals surface area (Å²) in [5.74, 6) is 0. The lowest BCUT2D eigenvalue weighted by Crippen LogP contribution is -2.41. The minimum absolute atomic E-state index is 0.117. The van der Waals surface area contributed by atoms with Crippen molar-refractivity contribution in [2.45, 2.75) is 75.5 Å². The predicted octanol–water partition coefficient (Wildman–Crippen LogP) is 5.69. The number of nitrogens with one attached hydrogen (secondary N) is 1. The maximum absolute atomic E-state index is 13.0. The zero-order valence-corrected chi connectivity index (χ0v) is 23.3. The van der Waals surface area contributed by atoms with Gasteiger partial charge in [-0.15, -0.1) is 4.72 Å². The Morgan fingerprint density at radius 3 is 2.65 bits per heavy atom. The zero-order valence-electron chi connectivity index (χ0n) is 21.7. The van der Waals surface area contributed by atoms with Gasteiger partial charge < -0.3 is 19.1 Å². The quantitative estimate of drug-likeness (QED) is 0.250. The molecular formula is C28H37ClN2O5S. The molecule has 3 atom stereocenters. The largest absolute Gasteiger partial charge is 0.598 e. The van der Waals surface area contributed by atoms with Crippen LogP contribution in [0.25, 0.3) is 0 Å². The molecule has 0 aromatic heterocycles. The van der Waals surface area contributed by atoms with Gasteiger partial charge in [-0.3, -0.25) is 4.90 Å². The average molecular weight is 549 g/mol. The molecule has 37 heavy (non-hydrogen) atoms. The van der Waals surface area contributed by atoms with Crippen molar-refractivity contribution in [3.63, 3.8) is 0 Å². The van der Waals surface area contributed by atoms with Crippen molar-refractivity contribution in [2.24, 2.45) is 0 Å². The van der Waals surface area contributed by atoms with Gasteiger partial charge in [0.25, 0.3) is 0 Å². The van der Waals surface area contributed by atoms with Gasteiger partial charge in [0, 0.05) is 24.3 Å². The van der Waals surface area contributed by atoms with E-state index in [0.29, 0.717) is 39.0 Å². The highest BCUT2D eigenvalue weighted by Crippen LogP contribution is 2.34. The second-order valence-corrected chi connectivity index (χ2v) is 13.1. The molecule has 0 saturated carbocycles. The Kier molecular flexibility index (Phi) is 9.43. The second kappa shape index (κ2) is 12.4. The van der Waals surface area contributed by atoms with Crippen LogP contribution < -0.4 is 4.72 Å². The van der Waals surface area contributed by atoms with Gasteiger partial charge in [0.05, 0.1) is 19.3 Å². The number of fused-ring (bicyclic) bond motifs is 1. The smallest absolute Gasteiger partial charge is 0.408 e. The van der Waals surface area contributed by atoms with Crippen LogP contribution >= 0.6 is 11.6 Å². The molecule has 2 aliphatic heterocycles. The highest BCUT2D eigenvalue weighted by Gasteiger charge is 2.31. The number of carboxylic acid groups (broad SMARTS) is 1. The highest BCUT2D eigenvalue weighted by atomic mass is 35.5. The summed E-state index contributed by atoms with van der Waals surface area (Å²) >= 11 is 5.29.